The maximum Gasteiger partial charge on any atom is 1.00 e. The number of aliphatic hydroxyl groups is 2. The molecule has 58 valence electrons. The maximum absolute atomic E-state index is 9.76. The molecule has 0 spiro atoms. The van der Waals surface area contributed by atoms with Crippen LogP contribution in [0, 0.1) is 0 Å². The molecule has 0 aromatic heterocycles. The zero-order valence-electron chi connectivity index (χ0n) is 6.35. The van der Waals surface area contributed by atoms with Crippen LogP contribution in [0.4, 0.5) is 0 Å². The molecule has 0 saturated heterocycles. The van der Waals surface area contributed by atoms with Crippen molar-refractivity contribution in [2.45, 2.75) is 6.29 Å². The van der Waals surface area contributed by atoms with E-state index in [1.54, 1.807) is 0 Å². The van der Waals surface area contributed by atoms with Crippen LogP contribution in [0.25, 0.3) is 0 Å². The largest absolute Gasteiger partial charge is 1.00 e. The minimum atomic E-state index is -4.29. The Kier molecular flexibility index (Phi) is 7.28. The summed E-state index contributed by atoms with van der Waals surface area (Å²) in [6.45, 7) is -0.612. The minimum Gasteiger partial charge on any atom is -1.00 e. The maximum atomic E-state index is 9.76. The van der Waals surface area contributed by atoms with Crippen molar-refractivity contribution >= 4 is 10.3 Å². The first-order chi connectivity index (χ1) is 3.92. The van der Waals surface area contributed by atoms with Crippen LogP contribution in [0.15, 0.2) is 0 Å². The molecule has 6 nitrogen and oxygen atoms in total. The van der Waals surface area contributed by atoms with Crippen LogP contribution in [0.3, 0.4) is 0 Å². The SMILES string of the molecule is O=S(=O)(O)NCC(O)O.[H-].[Na+]. The molecule has 0 heterocycles. The molecule has 0 aliphatic rings. The summed E-state index contributed by atoms with van der Waals surface area (Å²) in [6.07, 6.45) is -1.79. The van der Waals surface area contributed by atoms with Crippen LogP contribution < -0.4 is 34.3 Å². The molecule has 0 aliphatic carbocycles. The first kappa shape index (κ1) is 13.4. The molecule has 0 unspecified atom stereocenters. The van der Waals surface area contributed by atoms with E-state index in [-0.39, 0.29) is 31.0 Å². The van der Waals surface area contributed by atoms with E-state index in [0.717, 1.165) is 0 Å². The molecule has 0 aliphatic heterocycles. The van der Waals surface area contributed by atoms with Crippen molar-refractivity contribution in [3.8, 4) is 0 Å². The molecule has 0 fully saturated rings. The fraction of sp³-hybridized carbons (Fsp3) is 1.00. The first-order valence-electron chi connectivity index (χ1n) is 2.00. The Hall–Kier alpha value is 0.790. The van der Waals surface area contributed by atoms with Gasteiger partial charge < -0.3 is 11.6 Å². The zero-order valence-corrected chi connectivity index (χ0v) is 8.17. The Morgan fingerprint density at radius 1 is 1.50 bits per heavy atom. The van der Waals surface area contributed by atoms with E-state index >= 15 is 0 Å². The third kappa shape index (κ3) is 11.6. The monoisotopic (exact) mass is 181 g/mol. The van der Waals surface area contributed by atoms with Gasteiger partial charge in [-0.05, 0) is 0 Å². The van der Waals surface area contributed by atoms with Crippen molar-refractivity contribution in [2.24, 2.45) is 0 Å². The predicted molar refractivity (Wildman–Crippen MR) is 28.9 cm³/mol. The smallest absolute Gasteiger partial charge is 1.00 e. The summed E-state index contributed by atoms with van der Waals surface area (Å²) in [5.74, 6) is 0. The molecule has 10 heavy (non-hydrogen) atoms. The van der Waals surface area contributed by atoms with Crippen molar-refractivity contribution in [2.75, 3.05) is 6.54 Å². The number of rotatable bonds is 3. The van der Waals surface area contributed by atoms with E-state index in [1.807, 2.05) is 0 Å². The summed E-state index contributed by atoms with van der Waals surface area (Å²) in [4.78, 5) is 0. The van der Waals surface area contributed by atoms with Crippen molar-refractivity contribution in [1.82, 2.24) is 4.72 Å². The van der Waals surface area contributed by atoms with Gasteiger partial charge in [0.05, 0.1) is 6.54 Å². The molecular weight excluding hydrogens is 173 g/mol. The topological polar surface area (TPSA) is 107 Å². The van der Waals surface area contributed by atoms with Crippen molar-refractivity contribution in [1.29, 1.82) is 0 Å². The number of aliphatic hydroxyl groups excluding tert-OH is 1. The summed E-state index contributed by atoms with van der Waals surface area (Å²) in [6, 6.07) is 0. The Bertz CT molecular complexity index is 169. The van der Waals surface area contributed by atoms with Crippen LogP contribution >= 0.6 is 0 Å². The van der Waals surface area contributed by atoms with Crippen LogP contribution in [0.5, 0.6) is 0 Å². The molecular formula is C2H8NNaO5S. The summed E-state index contributed by atoms with van der Waals surface area (Å²) >= 11 is 0. The van der Waals surface area contributed by atoms with E-state index in [0.29, 0.717) is 0 Å². The van der Waals surface area contributed by atoms with Gasteiger partial charge in [0, 0.05) is 0 Å². The van der Waals surface area contributed by atoms with Gasteiger partial charge in [0.2, 0.25) is 0 Å². The molecule has 8 heteroatoms. The fourth-order valence-electron chi connectivity index (χ4n) is 0.180. The average molecular weight is 181 g/mol. The van der Waals surface area contributed by atoms with Crippen LogP contribution in [0.2, 0.25) is 0 Å². The third-order valence-corrected chi connectivity index (χ3v) is 0.980. The van der Waals surface area contributed by atoms with Gasteiger partial charge in [-0.25, -0.2) is 0 Å². The Morgan fingerprint density at radius 3 is 2.00 bits per heavy atom. The summed E-state index contributed by atoms with van der Waals surface area (Å²) in [7, 11) is -4.29. The number of hydrogen-bond donors (Lipinski definition) is 4. The van der Waals surface area contributed by atoms with Crippen molar-refractivity contribution in [3.63, 3.8) is 0 Å². The molecule has 0 radical (unpaired) electrons. The number of hydrogen-bond acceptors (Lipinski definition) is 4. The quantitative estimate of drug-likeness (QED) is 0.198. The summed E-state index contributed by atoms with van der Waals surface area (Å²) in [5, 5.41) is 16.1. The fourth-order valence-corrected chi connectivity index (χ4v) is 0.540. The summed E-state index contributed by atoms with van der Waals surface area (Å²) < 4.78 is 28.9. The average Bonchev–Trinajstić information content (AvgIpc) is 1.59. The Morgan fingerprint density at radius 2 is 1.90 bits per heavy atom. The Balaban J connectivity index is -0.000000320. The first-order valence-corrected chi connectivity index (χ1v) is 3.44. The molecule has 0 aromatic carbocycles. The minimum absolute atomic E-state index is 0. The second-order valence-electron chi connectivity index (χ2n) is 1.30. The molecule has 0 bridgehead atoms. The normalized spacial score (nSPS) is 11.2. The van der Waals surface area contributed by atoms with Gasteiger partial charge in [0.25, 0.3) is 0 Å². The predicted octanol–water partition coefficient (Wildman–Crippen LogP) is -5.19. The van der Waals surface area contributed by atoms with Gasteiger partial charge >= 0.3 is 39.9 Å². The van der Waals surface area contributed by atoms with Crippen LogP contribution in [0.1, 0.15) is 1.43 Å². The van der Waals surface area contributed by atoms with E-state index < -0.39 is 23.1 Å². The molecule has 0 saturated carbocycles. The number of nitrogens with one attached hydrogen (secondary N) is 1. The molecule has 4 N–H and O–H groups in total. The molecule has 0 rings (SSSR count). The van der Waals surface area contributed by atoms with Crippen molar-refractivity contribution in [3.05, 3.63) is 0 Å². The Labute approximate surface area is 81.9 Å². The van der Waals surface area contributed by atoms with E-state index in [1.165, 1.54) is 4.72 Å². The van der Waals surface area contributed by atoms with Crippen molar-refractivity contribution < 1.29 is 54.2 Å². The summed E-state index contributed by atoms with van der Waals surface area (Å²) in [5.41, 5.74) is 0. The second kappa shape index (κ2) is 5.44. The van der Waals surface area contributed by atoms with E-state index in [4.69, 9.17) is 14.8 Å². The molecule has 0 atom stereocenters. The van der Waals surface area contributed by atoms with Gasteiger partial charge in [0.1, 0.15) is 0 Å². The third-order valence-electron chi connectivity index (χ3n) is 0.448. The van der Waals surface area contributed by atoms with E-state index in [9.17, 15) is 8.42 Å². The second-order valence-corrected chi connectivity index (χ2v) is 2.54. The van der Waals surface area contributed by atoms with Crippen LogP contribution in [-0.2, 0) is 10.3 Å². The van der Waals surface area contributed by atoms with E-state index in [2.05, 4.69) is 0 Å². The van der Waals surface area contributed by atoms with Gasteiger partial charge in [-0.2, -0.15) is 13.1 Å². The van der Waals surface area contributed by atoms with Gasteiger partial charge in [-0.15, -0.1) is 0 Å². The molecule has 0 aromatic rings. The zero-order chi connectivity index (χ0) is 7.49. The van der Waals surface area contributed by atoms with Crippen LogP contribution in [-0.4, -0.2) is 36.0 Å². The van der Waals surface area contributed by atoms with Gasteiger partial charge in [-0.1, -0.05) is 0 Å². The standard InChI is InChI=1S/C2H7NO5S.Na.H/c4-2(5)1-3-9(6,7)8;;/h2-5H,1H2,(H,6,7,8);;/q;+1;-1. The van der Waals surface area contributed by atoms with Gasteiger partial charge in [-0.3, -0.25) is 4.55 Å². The molecule has 0 amide bonds. The van der Waals surface area contributed by atoms with Gasteiger partial charge in [0.15, 0.2) is 6.29 Å².